The largest absolute Gasteiger partial charge is 0.286 e. The normalized spacial score (nSPS) is 21.3. The molecule has 0 radical (unpaired) electrons. The van der Waals surface area contributed by atoms with E-state index < -0.39 is 0 Å². The van der Waals surface area contributed by atoms with Crippen molar-refractivity contribution in [1.82, 2.24) is 6.23 Å². The van der Waals surface area contributed by atoms with Crippen LogP contribution in [0.4, 0.5) is 0 Å². The summed E-state index contributed by atoms with van der Waals surface area (Å²) >= 11 is 7.08. The van der Waals surface area contributed by atoms with Gasteiger partial charge in [0.2, 0.25) is 0 Å². The van der Waals surface area contributed by atoms with Gasteiger partial charge in [-0.15, -0.1) is 0 Å². The zero-order valence-corrected chi connectivity index (χ0v) is 12.1. The Morgan fingerprint density at radius 3 is 1.50 bits per heavy atom. The molecule has 0 bridgehead atoms. The summed E-state index contributed by atoms with van der Waals surface area (Å²) in [5.41, 5.74) is 2.71. The molecule has 0 unspecified atom stereocenters. The van der Waals surface area contributed by atoms with Gasteiger partial charge in [0.25, 0.3) is 0 Å². The Morgan fingerprint density at radius 1 is 1.10 bits per heavy atom. The van der Waals surface area contributed by atoms with E-state index >= 15 is 0 Å². The molecule has 0 aromatic rings. The Hall–Kier alpha value is 1.53. The molecule has 0 saturated heterocycles. The summed E-state index contributed by atoms with van der Waals surface area (Å²) in [5, 5.41) is 0. The zero-order chi connectivity index (χ0) is 7.89. The molecule has 58 valence electrons. The van der Waals surface area contributed by atoms with Crippen LogP contribution in [0.2, 0.25) is 0 Å². The van der Waals surface area contributed by atoms with E-state index in [0.717, 1.165) is 0 Å². The lowest BCUT2D eigenvalue weighted by molar-refractivity contribution is 0.518. The first-order chi connectivity index (χ1) is 4.55. The van der Waals surface area contributed by atoms with Crippen molar-refractivity contribution in [2.45, 2.75) is 18.0 Å². The van der Waals surface area contributed by atoms with Crippen molar-refractivity contribution in [2.75, 3.05) is 0 Å². The van der Waals surface area contributed by atoms with E-state index in [1.54, 1.807) is 0 Å². The van der Waals surface area contributed by atoms with Crippen molar-refractivity contribution >= 4 is 68.3 Å². The molecular formula is C5H7I3N2. The average molecular weight is 476 g/mol. The molecule has 5 heteroatoms. The van der Waals surface area contributed by atoms with E-state index in [1.807, 2.05) is 0 Å². The van der Waals surface area contributed by atoms with Gasteiger partial charge in [0, 0.05) is 11.4 Å². The quantitative estimate of drug-likeness (QED) is 0.230. The highest BCUT2D eigenvalue weighted by Crippen LogP contribution is 2.37. The highest BCUT2D eigenvalue weighted by atomic mass is 127. The highest BCUT2D eigenvalue weighted by molar-refractivity contribution is 14.1. The molecule has 0 spiro atoms. The van der Waals surface area contributed by atoms with Gasteiger partial charge in [0.05, 0.1) is 45.7 Å². The SMILES string of the molecule is CC1=C(C)N(I)C(I)N1I. The number of allylic oxidation sites excluding steroid dienone is 2. The molecule has 0 aliphatic carbocycles. The molecule has 0 aromatic heterocycles. The van der Waals surface area contributed by atoms with Crippen molar-refractivity contribution in [3.63, 3.8) is 0 Å². The third-order valence-electron chi connectivity index (χ3n) is 1.54. The maximum atomic E-state index is 2.41. The number of rotatable bonds is 0. The predicted octanol–water partition coefficient (Wildman–Crippen LogP) is 3.27. The van der Waals surface area contributed by atoms with Crippen molar-refractivity contribution < 1.29 is 0 Å². The van der Waals surface area contributed by atoms with Gasteiger partial charge in [-0.3, -0.25) is 6.23 Å². The van der Waals surface area contributed by atoms with E-state index in [0.29, 0.717) is 4.17 Å². The molecule has 1 heterocycles. The lowest BCUT2D eigenvalue weighted by Gasteiger charge is -2.19. The van der Waals surface area contributed by atoms with Gasteiger partial charge in [-0.25, -0.2) is 0 Å². The first-order valence-corrected chi connectivity index (χ1v) is 5.95. The lowest BCUT2D eigenvalue weighted by Crippen LogP contribution is -2.21. The Balaban J connectivity index is 2.88. The highest BCUT2D eigenvalue weighted by Gasteiger charge is 2.28. The minimum atomic E-state index is 0.471. The number of alkyl halides is 1. The van der Waals surface area contributed by atoms with Crippen LogP contribution in [0, 0.1) is 0 Å². The predicted molar refractivity (Wildman–Crippen MR) is 67.9 cm³/mol. The van der Waals surface area contributed by atoms with Crippen LogP contribution in [-0.4, -0.2) is 10.4 Å². The molecule has 2 nitrogen and oxygen atoms in total. The van der Waals surface area contributed by atoms with Gasteiger partial charge in [-0.1, -0.05) is 0 Å². The summed E-state index contributed by atoms with van der Waals surface area (Å²) in [7, 11) is 0. The minimum absolute atomic E-state index is 0.471. The number of nitrogens with zero attached hydrogens (tertiary/aromatic N) is 2. The lowest BCUT2D eigenvalue weighted by atomic mass is 10.4. The second-order valence-corrected chi connectivity index (χ2v) is 5.30. The molecule has 0 amide bonds. The van der Waals surface area contributed by atoms with Crippen LogP contribution in [0.3, 0.4) is 0 Å². The zero-order valence-electron chi connectivity index (χ0n) is 5.61. The average Bonchev–Trinajstić information content (AvgIpc) is 2.07. The van der Waals surface area contributed by atoms with Crippen molar-refractivity contribution in [3.8, 4) is 0 Å². The van der Waals surface area contributed by atoms with Gasteiger partial charge in [0.15, 0.2) is 4.17 Å². The number of halogens is 3. The van der Waals surface area contributed by atoms with E-state index in [9.17, 15) is 0 Å². The van der Waals surface area contributed by atoms with Crippen molar-refractivity contribution in [1.29, 1.82) is 0 Å². The fourth-order valence-corrected chi connectivity index (χ4v) is 3.23. The third kappa shape index (κ3) is 1.50. The molecule has 1 aliphatic rings. The summed E-state index contributed by atoms with van der Waals surface area (Å²) in [6.07, 6.45) is 0. The van der Waals surface area contributed by atoms with E-state index in [4.69, 9.17) is 0 Å². The number of hydrogen-bond acceptors (Lipinski definition) is 2. The molecule has 0 aromatic carbocycles. The van der Waals surface area contributed by atoms with Gasteiger partial charge in [0.1, 0.15) is 0 Å². The molecule has 0 atom stereocenters. The van der Waals surface area contributed by atoms with Crippen LogP contribution in [-0.2, 0) is 0 Å². The fourth-order valence-electron chi connectivity index (χ4n) is 0.718. The Labute approximate surface area is 103 Å². The number of hydrogen-bond donors (Lipinski definition) is 0. The summed E-state index contributed by atoms with van der Waals surface area (Å²) in [4.78, 5) is 0. The van der Waals surface area contributed by atoms with Crippen LogP contribution >= 0.6 is 68.3 Å². The Morgan fingerprint density at radius 2 is 1.40 bits per heavy atom. The van der Waals surface area contributed by atoms with Crippen LogP contribution in [0.1, 0.15) is 13.8 Å². The van der Waals surface area contributed by atoms with Crippen molar-refractivity contribution in [2.24, 2.45) is 0 Å². The smallest absolute Gasteiger partial charge is 0.171 e. The first kappa shape index (κ1) is 9.62. The molecule has 0 fully saturated rings. The molecular weight excluding hydrogens is 469 g/mol. The van der Waals surface area contributed by atoms with Crippen LogP contribution in [0.25, 0.3) is 0 Å². The third-order valence-corrected chi connectivity index (χ3v) is 7.29. The fraction of sp³-hybridized carbons (Fsp3) is 0.600. The second kappa shape index (κ2) is 3.50. The minimum Gasteiger partial charge on any atom is -0.286 e. The molecule has 0 saturated carbocycles. The van der Waals surface area contributed by atoms with Crippen LogP contribution in [0.5, 0.6) is 0 Å². The standard InChI is InChI=1S/C5H7I3N2/c1-3-4(2)10(8)5(6)9(3)7/h5H,1-2H3. The summed E-state index contributed by atoms with van der Waals surface area (Å²) < 4.78 is 4.94. The van der Waals surface area contributed by atoms with Crippen LogP contribution in [0.15, 0.2) is 11.4 Å². The topological polar surface area (TPSA) is 6.48 Å². The summed E-state index contributed by atoms with van der Waals surface area (Å²) in [6, 6.07) is 0. The van der Waals surface area contributed by atoms with Crippen molar-refractivity contribution in [3.05, 3.63) is 11.4 Å². The van der Waals surface area contributed by atoms with Gasteiger partial charge in [-0.05, 0) is 36.4 Å². The Kier molecular flexibility index (Phi) is 3.37. The molecule has 1 aliphatic heterocycles. The maximum absolute atomic E-state index is 2.41. The molecule has 0 N–H and O–H groups in total. The van der Waals surface area contributed by atoms with E-state index in [1.165, 1.54) is 11.4 Å². The van der Waals surface area contributed by atoms with Gasteiger partial charge < -0.3 is 0 Å². The summed E-state index contributed by atoms with van der Waals surface area (Å²) in [6.45, 7) is 4.29. The summed E-state index contributed by atoms with van der Waals surface area (Å²) in [5.74, 6) is 0. The maximum Gasteiger partial charge on any atom is 0.171 e. The Bertz CT molecular complexity index is 162. The first-order valence-electron chi connectivity index (χ1n) is 2.77. The molecule has 10 heavy (non-hydrogen) atoms. The second-order valence-electron chi connectivity index (χ2n) is 2.10. The van der Waals surface area contributed by atoms with E-state index in [-0.39, 0.29) is 0 Å². The van der Waals surface area contributed by atoms with Gasteiger partial charge >= 0.3 is 0 Å². The van der Waals surface area contributed by atoms with Crippen LogP contribution < -0.4 is 0 Å². The van der Waals surface area contributed by atoms with E-state index in [2.05, 4.69) is 88.4 Å². The molecule has 1 rings (SSSR count). The monoisotopic (exact) mass is 476 g/mol. The van der Waals surface area contributed by atoms with Gasteiger partial charge in [-0.2, -0.15) is 0 Å².